The van der Waals surface area contributed by atoms with E-state index in [1.807, 2.05) is 62.4 Å². The first-order valence-electron chi connectivity index (χ1n) is 8.99. The van der Waals surface area contributed by atoms with Gasteiger partial charge in [0.05, 0.1) is 5.75 Å². The Bertz CT molecular complexity index is 870. The minimum Gasteiger partial charge on any atom is -0.294 e. The van der Waals surface area contributed by atoms with Crippen molar-refractivity contribution in [2.24, 2.45) is 5.92 Å². The smallest absolute Gasteiger partial charge is 0.218 e. The van der Waals surface area contributed by atoms with Crippen LogP contribution in [0.15, 0.2) is 48.5 Å². The summed E-state index contributed by atoms with van der Waals surface area (Å²) in [5, 5.41) is 0. The lowest BCUT2D eigenvalue weighted by Crippen LogP contribution is -2.42. The summed E-state index contributed by atoms with van der Waals surface area (Å²) in [6, 6.07) is 15.0. The largest absolute Gasteiger partial charge is 0.294 e. The van der Waals surface area contributed by atoms with Crippen LogP contribution in [0.5, 0.6) is 0 Å². The average molecular weight is 372 g/mol. The van der Waals surface area contributed by atoms with Gasteiger partial charge in [-0.15, -0.1) is 0 Å². The molecule has 2 aromatic rings. The number of aryl methyl sites for hydroxylation is 2. The number of benzene rings is 2. The molecule has 2 aromatic carbocycles. The van der Waals surface area contributed by atoms with Gasteiger partial charge in [0.2, 0.25) is 10.0 Å². The zero-order valence-corrected chi connectivity index (χ0v) is 16.1. The maximum absolute atomic E-state index is 12.8. The minimum atomic E-state index is -3.42. The summed E-state index contributed by atoms with van der Waals surface area (Å²) < 4.78 is 27.1. The second kappa shape index (κ2) is 7.72. The van der Waals surface area contributed by atoms with Gasteiger partial charge in [0.15, 0.2) is 5.78 Å². The van der Waals surface area contributed by atoms with E-state index in [2.05, 4.69) is 0 Å². The van der Waals surface area contributed by atoms with Gasteiger partial charge >= 0.3 is 0 Å². The minimum absolute atomic E-state index is 0.0152. The summed E-state index contributed by atoms with van der Waals surface area (Å²) in [5.74, 6) is -0.238. The van der Waals surface area contributed by atoms with Crippen molar-refractivity contribution in [1.29, 1.82) is 0 Å². The van der Waals surface area contributed by atoms with Crippen LogP contribution in [-0.2, 0) is 15.8 Å². The maximum atomic E-state index is 12.8. The van der Waals surface area contributed by atoms with Crippen LogP contribution < -0.4 is 0 Å². The molecule has 1 unspecified atom stereocenters. The van der Waals surface area contributed by atoms with Crippen molar-refractivity contribution < 1.29 is 13.2 Å². The van der Waals surface area contributed by atoms with E-state index in [0.717, 1.165) is 29.5 Å². The van der Waals surface area contributed by atoms with Crippen LogP contribution in [0, 0.1) is 19.8 Å². The molecule has 0 aromatic heterocycles. The highest BCUT2D eigenvalue weighted by Gasteiger charge is 2.32. The highest BCUT2D eigenvalue weighted by atomic mass is 32.2. The number of carbonyl (C=O) groups is 1. The van der Waals surface area contributed by atoms with Crippen molar-refractivity contribution >= 4 is 15.8 Å². The van der Waals surface area contributed by atoms with Crippen LogP contribution >= 0.6 is 0 Å². The van der Waals surface area contributed by atoms with Crippen LogP contribution in [0.25, 0.3) is 0 Å². The number of ketones is 1. The number of Topliss-reactive ketones (excluding diaryl/α,β-unsaturated/α-hetero) is 1. The van der Waals surface area contributed by atoms with Gasteiger partial charge in [-0.05, 0) is 32.3 Å². The Morgan fingerprint density at radius 2 is 1.58 bits per heavy atom. The molecule has 0 saturated carbocycles. The number of rotatable bonds is 5. The summed E-state index contributed by atoms with van der Waals surface area (Å²) in [6.07, 6.45) is 1.46. The average Bonchev–Trinajstić information content (AvgIpc) is 2.64. The van der Waals surface area contributed by atoms with Crippen molar-refractivity contribution in [3.63, 3.8) is 0 Å². The van der Waals surface area contributed by atoms with Crippen LogP contribution in [0.1, 0.15) is 39.9 Å². The predicted octanol–water partition coefficient (Wildman–Crippen LogP) is 3.73. The predicted molar refractivity (Wildman–Crippen MR) is 104 cm³/mol. The van der Waals surface area contributed by atoms with E-state index in [4.69, 9.17) is 0 Å². The first-order valence-corrected chi connectivity index (χ1v) is 10.6. The Kier molecular flexibility index (Phi) is 5.58. The lowest BCUT2D eigenvalue weighted by Gasteiger charge is -2.31. The Hall–Kier alpha value is -1.98. The van der Waals surface area contributed by atoms with E-state index in [-0.39, 0.29) is 24.0 Å². The second-order valence-electron chi connectivity index (χ2n) is 7.17. The molecule has 138 valence electrons. The zero-order chi connectivity index (χ0) is 18.7. The number of piperidine rings is 1. The number of hydrogen-bond donors (Lipinski definition) is 0. The van der Waals surface area contributed by atoms with Gasteiger partial charge in [-0.1, -0.05) is 59.7 Å². The zero-order valence-electron chi connectivity index (χ0n) is 15.3. The van der Waals surface area contributed by atoms with Gasteiger partial charge in [0.1, 0.15) is 0 Å². The Balaban J connectivity index is 1.71. The molecule has 1 fully saturated rings. The summed E-state index contributed by atoms with van der Waals surface area (Å²) in [5.41, 5.74) is 3.65. The number of hydrogen-bond acceptors (Lipinski definition) is 3. The maximum Gasteiger partial charge on any atom is 0.218 e. The topological polar surface area (TPSA) is 54.5 Å². The second-order valence-corrected chi connectivity index (χ2v) is 9.14. The highest BCUT2D eigenvalue weighted by Crippen LogP contribution is 2.24. The first-order chi connectivity index (χ1) is 12.3. The standard InChI is InChI=1S/C21H25NO3S/c1-16-5-9-18(10-6-16)15-26(24,25)22-13-3-4-20(14-22)21(23)19-11-7-17(2)8-12-19/h5-12,20H,3-4,13-15H2,1-2H3. The Morgan fingerprint density at radius 1 is 1.00 bits per heavy atom. The summed E-state index contributed by atoms with van der Waals surface area (Å²) in [4.78, 5) is 12.8. The third-order valence-electron chi connectivity index (χ3n) is 4.95. The fourth-order valence-corrected chi connectivity index (χ4v) is 4.96. The van der Waals surface area contributed by atoms with E-state index < -0.39 is 10.0 Å². The molecule has 4 nitrogen and oxygen atoms in total. The Labute approximate surface area is 155 Å². The molecule has 0 amide bonds. The number of nitrogens with zero attached hydrogens (tertiary/aromatic N) is 1. The molecule has 26 heavy (non-hydrogen) atoms. The molecule has 3 rings (SSSR count). The number of carbonyl (C=O) groups excluding carboxylic acids is 1. The molecule has 1 saturated heterocycles. The fourth-order valence-electron chi connectivity index (χ4n) is 3.35. The Morgan fingerprint density at radius 3 is 2.19 bits per heavy atom. The molecule has 0 spiro atoms. The van der Waals surface area contributed by atoms with Gasteiger partial charge in [-0.3, -0.25) is 4.79 Å². The van der Waals surface area contributed by atoms with E-state index in [9.17, 15) is 13.2 Å². The molecule has 1 heterocycles. The van der Waals surface area contributed by atoms with E-state index in [0.29, 0.717) is 12.1 Å². The normalized spacial score (nSPS) is 18.6. The summed E-state index contributed by atoms with van der Waals surface area (Å²) in [6.45, 7) is 4.73. The monoisotopic (exact) mass is 371 g/mol. The molecule has 1 atom stereocenters. The van der Waals surface area contributed by atoms with Crippen molar-refractivity contribution in [2.45, 2.75) is 32.4 Å². The SMILES string of the molecule is Cc1ccc(CS(=O)(=O)N2CCCC(C(=O)c3ccc(C)cc3)C2)cc1. The van der Waals surface area contributed by atoms with Gasteiger partial charge in [0.25, 0.3) is 0 Å². The first kappa shape index (κ1) is 18.8. The molecule has 1 aliphatic rings. The van der Waals surface area contributed by atoms with Gasteiger partial charge in [-0.25, -0.2) is 12.7 Å². The van der Waals surface area contributed by atoms with E-state index in [1.165, 1.54) is 4.31 Å². The van der Waals surface area contributed by atoms with Crippen molar-refractivity contribution in [1.82, 2.24) is 4.31 Å². The van der Waals surface area contributed by atoms with Crippen LogP contribution in [0.3, 0.4) is 0 Å². The molecule has 0 N–H and O–H groups in total. The number of sulfonamides is 1. The third kappa shape index (κ3) is 4.40. The molecule has 1 aliphatic heterocycles. The van der Waals surface area contributed by atoms with Gasteiger partial charge < -0.3 is 0 Å². The van der Waals surface area contributed by atoms with Crippen molar-refractivity contribution in [2.75, 3.05) is 13.1 Å². The van der Waals surface area contributed by atoms with Crippen LogP contribution in [-0.4, -0.2) is 31.6 Å². The highest BCUT2D eigenvalue weighted by molar-refractivity contribution is 7.88. The summed E-state index contributed by atoms with van der Waals surface area (Å²) in [7, 11) is -3.42. The fraction of sp³-hybridized carbons (Fsp3) is 0.381. The van der Waals surface area contributed by atoms with E-state index >= 15 is 0 Å². The quantitative estimate of drug-likeness (QED) is 0.753. The van der Waals surface area contributed by atoms with Crippen molar-refractivity contribution in [3.8, 4) is 0 Å². The molecule has 5 heteroatoms. The molecule has 0 radical (unpaired) electrons. The lowest BCUT2D eigenvalue weighted by atomic mass is 9.91. The molecular formula is C21H25NO3S. The third-order valence-corrected chi connectivity index (χ3v) is 6.77. The lowest BCUT2D eigenvalue weighted by molar-refractivity contribution is 0.0872. The molecule has 0 aliphatic carbocycles. The molecule has 0 bridgehead atoms. The van der Waals surface area contributed by atoms with Gasteiger partial charge in [0, 0.05) is 24.6 Å². The van der Waals surface area contributed by atoms with Crippen molar-refractivity contribution in [3.05, 3.63) is 70.8 Å². The van der Waals surface area contributed by atoms with E-state index in [1.54, 1.807) is 0 Å². The van der Waals surface area contributed by atoms with Crippen LogP contribution in [0.4, 0.5) is 0 Å². The molecular weight excluding hydrogens is 346 g/mol. The summed E-state index contributed by atoms with van der Waals surface area (Å²) >= 11 is 0. The van der Waals surface area contributed by atoms with Gasteiger partial charge in [-0.2, -0.15) is 0 Å². The van der Waals surface area contributed by atoms with Crippen LogP contribution in [0.2, 0.25) is 0 Å².